The summed E-state index contributed by atoms with van der Waals surface area (Å²) in [4.78, 5) is 16.0. The maximum Gasteiger partial charge on any atom is 0.168 e. The predicted octanol–water partition coefficient (Wildman–Crippen LogP) is 7.04. The number of hydrogen-bond donors (Lipinski definition) is 0. The molecule has 4 rings (SSSR count). The van der Waals surface area contributed by atoms with Crippen molar-refractivity contribution in [2.24, 2.45) is 13.0 Å². The second-order valence-corrected chi connectivity index (χ2v) is 9.79. The van der Waals surface area contributed by atoms with E-state index in [0.717, 1.165) is 52.8 Å². The number of fused-ring (bicyclic) bond motifs is 1. The number of likely N-dealkylation sites (N-methyl/N-ethyl adjacent to an activating group) is 1. The number of aromatic nitrogens is 3. The molecule has 2 heterocycles. The highest BCUT2D eigenvalue weighted by molar-refractivity contribution is 6.30. The van der Waals surface area contributed by atoms with Crippen molar-refractivity contribution in [1.29, 1.82) is 0 Å². The van der Waals surface area contributed by atoms with Gasteiger partial charge in [0.2, 0.25) is 0 Å². The van der Waals surface area contributed by atoms with Crippen LogP contribution >= 0.6 is 11.6 Å². The molecular formula is C30H39ClN4O. The molecule has 0 saturated heterocycles. The lowest BCUT2D eigenvalue weighted by molar-refractivity contribution is 0.0917. The Labute approximate surface area is 220 Å². The van der Waals surface area contributed by atoms with E-state index in [-0.39, 0.29) is 11.7 Å². The molecule has 0 N–H and O–H groups in total. The van der Waals surface area contributed by atoms with Crippen LogP contribution in [0.5, 0.6) is 0 Å². The first kappa shape index (κ1) is 27.7. The standard InChI is InChI=1S/C28H33ClN4O.C2H6/c1-6-20(15-22-16-23(29)9-7-19(22)2)28(34)25-18-33(14-13-31(3)4)27-17-21(8-10-24(25)27)26-11-12-30-32(26)5;1-2/h7-12,16-18,20H,6,13-15H2,1-5H3;1-2H3. The second-order valence-electron chi connectivity index (χ2n) is 9.36. The van der Waals surface area contributed by atoms with Crippen molar-refractivity contribution in [1.82, 2.24) is 19.2 Å². The largest absolute Gasteiger partial charge is 0.345 e. The van der Waals surface area contributed by atoms with Crippen LogP contribution in [0.3, 0.4) is 0 Å². The van der Waals surface area contributed by atoms with Gasteiger partial charge >= 0.3 is 0 Å². The Morgan fingerprint density at radius 2 is 1.86 bits per heavy atom. The predicted molar refractivity (Wildman–Crippen MR) is 152 cm³/mol. The summed E-state index contributed by atoms with van der Waals surface area (Å²) in [5, 5.41) is 6.04. The molecule has 4 aromatic rings. The Kier molecular flexibility index (Phi) is 9.52. The van der Waals surface area contributed by atoms with E-state index in [1.165, 1.54) is 5.56 Å². The number of benzene rings is 2. The first-order valence-electron chi connectivity index (χ1n) is 12.8. The molecule has 192 valence electrons. The summed E-state index contributed by atoms with van der Waals surface area (Å²) in [5.41, 5.74) is 6.34. The topological polar surface area (TPSA) is 43.1 Å². The number of aryl methyl sites for hydroxylation is 2. The number of ketones is 1. The highest BCUT2D eigenvalue weighted by atomic mass is 35.5. The third-order valence-electron chi connectivity index (χ3n) is 6.69. The summed E-state index contributed by atoms with van der Waals surface area (Å²) in [6.45, 7) is 9.88. The zero-order valence-electron chi connectivity index (χ0n) is 22.7. The van der Waals surface area contributed by atoms with E-state index >= 15 is 0 Å². The van der Waals surface area contributed by atoms with Crippen molar-refractivity contribution in [2.75, 3.05) is 20.6 Å². The van der Waals surface area contributed by atoms with Gasteiger partial charge in [-0.2, -0.15) is 5.10 Å². The smallest absolute Gasteiger partial charge is 0.168 e. The third-order valence-corrected chi connectivity index (χ3v) is 6.93. The molecule has 5 nitrogen and oxygen atoms in total. The molecule has 1 unspecified atom stereocenters. The van der Waals surface area contributed by atoms with Gasteiger partial charge < -0.3 is 9.47 Å². The van der Waals surface area contributed by atoms with Gasteiger partial charge in [-0.1, -0.05) is 50.6 Å². The summed E-state index contributed by atoms with van der Waals surface area (Å²) in [5.74, 6) is 0.102. The van der Waals surface area contributed by atoms with Crippen molar-refractivity contribution in [2.45, 2.75) is 47.1 Å². The van der Waals surface area contributed by atoms with Crippen LogP contribution < -0.4 is 0 Å². The van der Waals surface area contributed by atoms with E-state index < -0.39 is 0 Å². The number of halogens is 1. The minimum atomic E-state index is -0.0955. The molecule has 0 bridgehead atoms. The van der Waals surface area contributed by atoms with Gasteiger partial charge in [-0.3, -0.25) is 9.48 Å². The Balaban J connectivity index is 0.00000176. The Morgan fingerprint density at radius 1 is 1.11 bits per heavy atom. The van der Waals surface area contributed by atoms with Gasteiger partial charge in [0, 0.05) is 65.5 Å². The number of rotatable bonds is 9. The SMILES string of the molecule is CC.CCC(Cc1cc(Cl)ccc1C)C(=O)c1cn(CCN(C)C)c2cc(-c3ccnn3C)ccc12. The molecular weight excluding hydrogens is 468 g/mol. The molecule has 2 aromatic carbocycles. The van der Waals surface area contributed by atoms with Gasteiger partial charge in [-0.25, -0.2) is 0 Å². The van der Waals surface area contributed by atoms with E-state index in [1.54, 1.807) is 0 Å². The maximum atomic E-state index is 13.8. The summed E-state index contributed by atoms with van der Waals surface area (Å²) in [6, 6.07) is 14.3. The fourth-order valence-electron chi connectivity index (χ4n) is 4.57. The number of carbonyl (C=O) groups is 1. The highest BCUT2D eigenvalue weighted by Crippen LogP contribution is 2.31. The third kappa shape index (κ3) is 6.08. The number of nitrogens with zero attached hydrogens (tertiary/aromatic N) is 4. The minimum absolute atomic E-state index is 0.0955. The second kappa shape index (κ2) is 12.4. The fraction of sp³-hybridized carbons (Fsp3) is 0.400. The van der Waals surface area contributed by atoms with Gasteiger partial charge in [0.25, 0.3) is 0 Å². The monoisotopic (exact) mass is 506 g/mol. The molecule has 6 heteroatoms. The molecule has 1 atom stereocenters. The normalized spacial score (nSPS) is 12.0. The summed E-state index contributed by atoms with van der Waals surface area (Å²) >= 11 is 6.25. The Bertz CT molecular complexity index is 1320. The summed E-state index contributed by atoms with van der Waals surface area (Å²) in [7, 11) is 6.09. The zero-order chi connectivity index (χ0) is 26.4. The van der Waals surface area contributed by atoms with Crippen LogP contribution in [0.15, 0.2) is 54.9 Å². The first-order valence-corrected chi connectivity index (χ1v) is 13.2. The van der Waals surface area contributed by atoms with Gasteiger partial charge in [0.05, 0.1) is 5.69 Å². The quantitative estimate of drug-likeness (QED) is 0.228. The van der Waals surface area contributed by atoms with Crippen LogP contribution in [-0.4, -0.2) is 45.7 Å². The van der Waals surface area contributed by atoms with Gasteiger partial charge in [0.15, 0.2) is 5.78 Å². The average molecular weight is 507 g/mol. The average Bonchev–Trinajstić information content (AvgIpc) is 3.47. The van der Waals surface area contributed by atoms with Gasteiger partial charge in [0.1, 0.15) is 0 Å². The van der Waals surface area contributed by atoms with Crippen molar-refractivity contribution < 1.29 is 4.79 Å². The van der Waals surface area contributed by atoms with Crippen molar-refractivity contribution in [3.05, 3.63) is 76.6 Å². The van der Waals surface area contributed by atoms with Crippen LogP contribution in [0.4, 0.5) is 0 Å². The van der Waals surface area contributed by atoms with Crippen molar-refractivity contribution >= 4 is 28.3 Å². The number of Topliss-reactive ketones (excluding diaryl/α,β-unsaturated/α-hetero) is 1. The highest BCUT2D eigenvalue weighted by Gasteiger charge is 2.24. The molecule has 36 heavy (non-hydrogen) atoms. The fourth-order valence-corrected chi connectivity index (χ4v) is 4.76. The molecule has 0 spiro atoms. The van der Waals surface area contributed by atoms with Crippen molar-refractivity contribution in [3.8, 4) is 11.3 Å². The van der Waals surface area contributed by atoms with Crippen LogP contribution in [0, 0.1) is 12.8 Å². The molecule has 0 aliphatic heterocycles. The molecule has 0 aliphatic rings. The molecule has 0 radical (unpaired) electrons. The minimum Gasteiger partial charge on any atom is -0.345 e. The maximum absolute atomic E-state index is 13.8. The lowest BCUT2D eigenvalue weighted by Gasteiger charge is -2.15. The summed E-state index contributed by atoms with van der Waals surface area (Å²) < 4.78 is 4.10. The van der Waals surface area contributed by atoms with E-state index in [9.17, 15) is 4.79 Å². The van der Waals surface area contributed by atoms with Gasteiger partial charge in [-0.05, 0) is 69.3 Å². The van der Waals surface area contributed by atoms with E-state index in [2.05, 4.69) is 66.9 Å². The van der Waals surface area contributed by atoms with Crippen LogP contribution in [-0.2, 0) is 20.0 Å². The molecule has 2 aromatic heterocycles. The Hall–Kier alpha value is -2.89. The van der Waals surface area contributed by atoms with Gasteiger partial charge in [-0.15, -0.1) is 0 Å². The molecule has 0 fully saturated rings. The van der Waals surface area contributed by atoms with Crippen LogP contribution in [0.25, 0.3) is 22.2 Å². The molecule has 0 amide bonds. The molecule has 0 saturated carbocycles. The summed E-state index contributed by atoms with van der Waals surface area (Å²) in [6.07, 6.45) is 5.34. The van der Waals surface area contributed by atoms with E-state index in [0.29, 0.717) is 11.4 Å². The zero-order valence-corrected chi connectivity index (χ0v) is 23.4. The molecule has 0 aliphatic carbocycles. The first-order chi connectivity index (χ1) is 17.3. The van der Waals surface area contributed by atoms with Crippen molar-refractivity contribution in [3.63, 3.8) is 0 Å². The van der Waals surface area contributed by atoms with E-state index in [1.807, 2.05) is 56.0 Å². The number of hydrogen-bond acceptors (Lipinski definition) is 3. The van der Waals surface area contributed by atoms with E-state index in [4.69, 9.17) is 11.6 Å². The lowest BCUT2D eigenvalue weighted by Crippen LogP contribution is -2.18. The number of carbonyl (C=O) groups excluding carboxylic acids is 1. The van der Waals surface area contributed by atoms with Crippen LogP contribution in [0.2, 0.25) is 5.02 Å². The Morgan fingerprint density at radius 3 is 2.50 bits per heavy atom. The lowest BCUT2D eigenvalue weighted by atomic mass is 9.87. The van der Waals surface area contributed by atoms with Crippen LogP contribution in [0.1, 0.15) is 48.7 Å².